The topological polar surface area (TPSA) is 55.0 Å². The van der Waals surface area contributed by atoms with Crippen molar-refractivity contribution in [3.63, 3.8) is 0 Å². The molecule has 4 nitrogen and oxygen atoms in total. The Kier molecular flexibility index (Phi) is 4.49. The van der Waals surface area contributed by atoms with Gasteiger partial charge in [0.05, 0.1) is 6.61 Å². The third-order valence-corrected chi connectivity index (χ3v) is 2.31. The quantitative estimate of drug-likeness (QED) is 0.743. The first-order valence-corrected chi connectivity index (χ1v) is 5.35. The number of hydrogen-bond acceptors (Lipinski definition) is 3. The fourth-order valence-electron chi connectivity index (χ4n) is 1.52. The highest BCUT2D eigenvalue weighted by Gasteiger charge is 2.05. The van der Waals surface area contributed by atoms with Crippen molar-refractivity contribution in [2.45, 2.75) is 33.6 Å². The van der Waals surface area contributed by atoms with Crippen LogP contribution >= 0.6 is 0 Å². The molecule has 1 aromatic heterocycles. The summed E-state index contributed by atoms with van der Waals surface area (Å²) in [5.74, 6) is 0.711. The molecule has 1 heterocycles. The van der Waals surface area contributed by atoms with Crippen LogP contribution in [-0.2, 0) is 17.6 Å². The second-order valence-corrected chi connectivity index (χ2v) is 3.38. The van der Waals surface area contributed by atoms with E-state index in [-0.39, 0.29) is 5.56 Å². The van der Waals surface area contributed by atoms with E-state index in [0.29, 0.717) is 25.5 Å². The van der Waals surface area contributed by atoms with Crippen molar-refractivity contribution in [2.24, 2.45) is 0 Å². The Hall–Kier alpha value is -1.16. The zero-order valence-electron chi connectivity index (χ0n) is 9.59. The lowest BCUT2D eigenvalue weighted by atomic mass is 10.2. The molecule has 0 aromatic carbocycles. The SMILES string of the molecule is CCOCCc1nc(C)c(CC)c(=O)[nH]1. The van der Waals surface area contributed by atoms with E-state index < -0.39 is 0 Å². The summed E-state index contributed by atoms with van der Waals surface area (Å²) in [6.45, 7) is 7.07. The maximum Gasteiger partial charge on any atom is 0.254 e. The maximum atomic E-state index is 11.6. The van der Waals surface area contributed by atoms with Crippen LogP contribution in [0.2, 0.25) is 0 Å². The third-order valence-electron chi connectivity index (χ3n) is 2.31. The number of nitrogens with zero attached hydrogens (tertiary/aromatic N) is 1. The first kappa shape index (κ1) is 11.9. The van der Waals surface area contributed by atoms with Crippen molar-refractivity contribution >= 4 is 0 Å². The molecule has 0 aliphatic heterocycles. The van der Waals surface area contributed by atoms with Crippen LogP contribution in [0.15, 0.2) is 4.79 Å². The molecule has 0 aliphatic carbocycles. The van der Waals surface area contributed by atoms with Crippen molar-refractivity contribution in [3.05, 3.63) is 27.4 Å². The van der Waals surface area contributed by atoms with Gasteiger partial charge in [-0.05, 0) is 20.3 Å². The fraction of sp³-hybridized carbons (Fsp3) is 0.636. The van der Waals surface area contributed by atoms with Gasteiger partial charge in [0.2, 0.25) is 0 Å². The van der Waals surface area contributed by atoms with Crippen molar-refractivity contribution < 1.29 is 4.74 Å². The van der Waals surface area contributed by atoms with Crippen LogP contribution in [-0.4, -0.2) is 23.2 Å². The third kappa shape index (κ3) is 3.16. The van der Waals surface area contributed by atoms with E-state index in [0.717, 1.165) is 17.7 Å². The number of aromatic nitrogens is 2. The molecule has 1 aromatic rings. The second kappa shape index (κ2) is 5.66. The Balaban J connectivity index is 2.80. The van der Waals surface area contributed by atoms with E-state index in [2.05, 4.69) is 9.97 Å². The average Bonchev–Trinajstić information content (AvgIpc) is 2.18. The second-order valence-electron chi connectivity index (χ2n) is 3.38. The standard InChI is InChI=1S/C11H18N2O2/c1-4-9-8(3)12-10(13-11(9)14)6-7-15-5-2/h4-7H2,1-3H3,(H,12,13,14). The number of H-pyrrole nitrogens is 1. The molecule has 0 amide bonds. The molecule has 0 saturated heterocycles. The summed E-state index contributed by atoms with van der Waals surface area (Å²) in [7, 11) is 0. The predicted molar refractivity (Wildman–Crippen MR) is 59.2 cm³/mol. The molecule has 0 aliphatic rings. The smallest absolute Gasteiger partial charge is 0.254 e. The van der Waals surface area contributed by atoms with E-state index in [1.165, 1.54) is 0 Å². The average molecular weight is 210 g/mol. The van der Waals surface area contributed by atoms with Gasteiger partial charge in [0.15, 0.2) is 0 Å². The van der Waals surface area contributed by atoms with Gasteiger partial charge in [-0.15, -0.1) is 0 Å². The first-order valence-electron chi connectivity index (χ1n) is 5.35. The highest BCUT2D eigenvalue weighted by molar-refractivity contribution is 5.16. The van der Waals surface area contributed by atoms with Crippen LogP contribution in [0.4, 0.5) is 0 Å². The van der Waals surface area contributed by atoms with Crippen LogP contribution in [0.5, 0.6) is 0 Å². The molecule has 1 rings (SSSR count). The lowest BCUT2D eigenvalue weighted by molar-refractivity contribution is 0.149. The Morgan fingerprint density at radius 2 is 2.13 bits per heavy atom. The molecule has 1 N–H and O–H groups in total. The van der Waals surface area contributed by atoms with Gasteiger partial charge < -0.3 is 9.72 Å². The summed E-state index contributed by atoms with van der Waals surface area (Å²) in [6.07, 6.45) is 1.38. The van der Waals surface area contributed by atoms with Crippen LogP contribution in [0, 0.1) is 6.92 Å². The highest BCUT2D eigenvalue weighted by Crippen LogP contribution is 2.00. The van der Waals surface area contributed by atoms with Gasteiger partial charge >= 0.3 is 0 Å². The number of hydrogen-bond donors (Lipinski definition) is 1. The molecular weight excluding hydrogens is 192 g/mol. The minimum Gasteiger partial charge on any atom is -0.381 e. The van der Waals surface area contributed by atoms with Gasteiger partial charge in [0, 0.05) is 24.3 Å². The van der Waals surface area contributed by atoms with Gasteiger partial charge in [-0.1, -0.05) is 6.92 Å². The Bertz CT molecular complexity index is 371. The molecule has 0 unspecified atom stereocenters. The van der Waals surface area contributed by atoms with Gasteiger partial charge in [0.25, 0.3) is 5.56 Å². The lowest BCUT2D eigenvalue weighted by Gasteiger charge is -2.05. The molecule has 0 bridgehead atoms. The molecule has 15 heavy (non-hydrogen) atoms. The molecule has 4 heteroatoms. The number of aryl methyl sites for hydroxylation is 1. The minimum absolute atomic E-state index is 0.0171. The molecule has 0 radical (unpaired) electrons. The zero-order valence-corrected chi connectivity index (χ0v) is 9.59. The highest BCUT2D eigenvalue weighted by atomic mass is 16.5. The lowest BCUT2D eigenvalue weighted by Crippen LogP contribution is -2.19. The summed E-state index contributed by atoms with van der Waals surface area (Å²) in [4.78, 5) is 18.7. The van der Waals surface area contributed by atoms with Gasteiger partial charge in [-0.3, -0.25) is 4.79 Å². The molecule has 84 valence electrons. The Morgan fingerprint density at radius 1 is 1.40 bits per heavy atom. The molecule has 0 fully saturated rings. The van der Waals surface area contributed by atoms with E-state index in [1.54, 1.807) is 0 Å². The Morgan fingerprint density at radius 3 is 2.67 bits per heavy atom. The fourth-order valence-corrected chi connectivity index (χ4v) is 1.52. The van der Waals surface area contributed by atoms with Crippen molar-refractivity contribution in [1.82, 2.24) is 9.97 Å². The summed E-state index contributed by atoms with van der Waals surface area (Å²) in [6, 6.07) is 0. The van der Waals surface area contributed by atoms with Crippen LogP contribution in [0.25, 0.3) is 0 Å². The zero-order chi connectivity index (χ0) is 11.3. The first-order chi connectivity index (χ1) is 7.19. The number of aromatic amines is 1. The van der Waals surface area contributed by atoms with E-state index >= 15 is 0 Å². The summed E-state index contributed by atoms with van der Waals surface area (Å²) in [5, 5.41) is 0. The van der Waals surface area contributed by atoms with E-state index in [4.69, 9.17) is 4.74 Å². The number of rotatable bonds is 5. The van der Waals surface area contributed by atoms with Gasteiger partial charge in [-0.25, -0.2) is 4.98 Å². The van der Waals surface area contributed by atoms with E-state index in [1.807, 2.05) is 20.8 Å². The van der Waals surface area contributed by atoms with Gasteiger partial charge in [-0.2, -0.15) is 0 Å². The monoisotopic (exact) mass is 210 g/mol. The van der Waals surface area contributed by atoms with Crippen molar-refractivity contribution in [1.29, 1.82) is 0 Å². The van der Waals surface area contributed by atoms with Gasteiger partial charge in [0.1, 0.15) is 5.82 Å². The van der Waals surface area contributed by atoms with E-state index in [9.17, 15) is 4.79 Å². The van der Waals surface area contributed by atoms with Crippen LogP contribution in [0.1, 0.15) is 30.9 Å². The van der Waals surface area contributed by atoms with Crippen molar-refractivity contribution in [2.75, 3.05) is 13.2 Å². The number of nitrogens with one attached hydrogen (secondary N) is 1. The summed E-state index contributed by atoms with van der Waals surface area (Å²) >= 11 is 0. The predicted octanol–water partition coefficient (Wildman–Crippen LogP) is 1.22. The number of ether oxygens (including phenoxy) is 1. The Labute approximate surface area is 89.7 Å². The van der Waals surface area contributed by atoms with Crippen LogP contribution in [0.3, 0.4) is 0 Å². The van der Waals surface area contributed by atoms with Crippen molar-refractivity contribution in [3.8, 4) is 0 Å². The molecular formula is C11H18N2O2. The summed E-state index contributed by atoms with van der Waals surface area (Å²) < 4.78 is 5.21. The maximum absolute atomic E-state index is 11.6. The van der Waals surface area contributed by atoms with Crippen LogP contribution < -0.4 is 5.56 Å². The molecule has 0 saturated carbocycles. The summed E-state index contributed by atoms with van der Waals surface area (Å²) in [5.41, 5.74) is 1.58. The molecule has 0 atom stereocenters. The normalized spacial score (nSPS) is 10.6. The minimum atomic E-state index is -0.0171. The molecule has 0 spiro atoms. The largest absolute Gasteiger partial charge is 0.381 e.